The Hall–Kier alpha value is -1.26. The molecule has 1 aromatic carbocycles. The summed E-state index contributed by atoms with van der Waals surface area (Å²) in [6.07, 6.45) is -0.822. The fraction of sp³-hybridized carbons (Fsp3) is 0.200. The van der Waals surface area contributed by atoms with E-state index in [9.17, 15) is 9.50 Å². The van der Waals surface area contributed by atoms with Crippen molar-refractivity contribution in [3.05, 3.63) is 34.7 Å². The average molecular weight is 227 g/mol. The molecule has 0 unspecified atom stereocenters. The Kier molecular flexibility index (Phi) is 2.54. The maximum Gasteiger partial charge on any atom is 0.124 e. The van der Waals surface area contributed by atoms with Gasteiger partial charge in [0.05, 0.1) is 16.6 Å². The zero-order valence-electron chi connectivity index (χ0n) is 7.91. The fourth-order valence-corrected chi connectivity index (χ4v) is 1.67. The smallest absolute Gasteiger partial charge is 0.124 e. The molecule has 0 saturated carbocycles. The average Bonchev–Trinajstić information content (AvgIpc) is 2.19. The molecular weight excluding hydrogens is 219 g/mol. The maximum absolute atomic E-state index is 13.0. The van der Waals surface area contributed by atoms with Crippen LogP contribution in [0, 0.1) is 5.82 Å². The van der Waals surface area contributed by atoms with Gasteiger partial charge in [-0.05, 0) is 25.1 Å². The number of fused-ring (bicyclic) bond motifs is 1. The number of hydrogen-bond acceptors (Lipinski definition) is 3. The van der Waals surface area contributed by atoms with Gasteiger partial charge in [-0.15, -0.1) is 0 Å². The Bertz CT molecular complexity index is 516. The number of nitrogens with zero attached hydrogens (tertiary/aromatic N) is 2. The van der Waals surface area contributed by atoms with Crippen LogP contribution in [0.25, 0.3) is 10.9 Å². The quantitative estimate of drug-likeness (QED) is 0.813. The molecule has 0 saturated heterocycles. The molecule has 0 amide bonds. The molecule has 0 fully saturated rings. The summed E-state index contributed by atoms with van der Waals surface area (Å²) >= 11 is 5.98. The molecule has 15 heavy (non-hydrogen) atoms. The summed E-state index contributed by atoms with van der Waals surface area (Å²) in [5.74, 6) is -0.394. The minimum Gasteiger partial charge on any atom is -0.387 e. The molecule has 1 N–H and O–H groups in total. The third-order valence-corrected chi connectivity index (χ3v) is 2.48. The summed E-state index contributed by atoms with van der Waals surface area (Å²) in [6.45, 7) is 1.53. The van der Waals surface area contributed by atoms with E-state index in [1.165, 1.54) is 25.1 Å². The van der Waals surface area contributed by atoms with Crippen LogP contribution in [0.15, 0.2) is 18.2 Å². The van der Waals surface area contributed by atoms with E-state index in [1.54, 1.807) is 0 Å². The number of aliphatic hydroxyl groups is 1. The molecular formula is C10H8ClFN2O. The van der Waals surface area contributed by atoms with E-state index >= 15 is 0 Å². The molecule has 2 aromatic rings. The van der Waals surface area contributed by atoms with Crippen LogP contribution in [-0.4, -0.2) is 15.3 Å². The largest absolute Gasteiger partial charge is 0.387 e. The highest BCUT2D eigenvalue weighted by molar-refractivity contribution is 6.35. The van der Waals surface area contributed by atoms with Crippen LogP contribution in [0.3, 0.4) is 0 Å². The zero-order valence-corrected chi connectivity index (χ0v) is 8.66. The van der Waals surface area contributed by atoms with Crippen molar-refractivity contribution in [1.82, 2.24) is 10.2 Å². The first kappa shape index (κ1) is 10.3. The van der Waals surface area contributed by atoms with Gasteiger partial charge >= 0.3 is 0 Å². The fourth-order valence-electron chi connectivity index (χ4n) is 1.33. The number of halogens is 2. The minimum absolute atomic E-state index is 0.245. The van der Waals surface area contributed by atoms with Crippen molar-refractivity contribution < 1.29 is 9.50 Å². The van der Waals surface area contributed by atoms with Gasteiger partial charge in [-0.1, -0.05) is 11.6 Å². The van der Waals surface area contributed by atoms with E-state index in [0.717, 1.165) is 0 Å². The predicted molar refractivity (Wildman–Crippen MR) is 55.1 cm³/mol. The lowest BCUT2D eigenvalue weighted by molar-refractivity contribution is 0.193. The molecule has 5 heteroatoms. The number of aromatic nitrogens is 2. The molecule has 1 atom stereocenters. The first-order valence-electron chi connectivity index (χ1n) is 4.39. The van der Waals surface area contributed by atoms with E-state index in [1.807, 2.05) is 0 Å². The highest BCUT2D eigenvalue weighted by atomic mass is 35.5. The van der Waals surface area contributed by atoms with Crippen molar-refractivity contribution in [3.8, 4) is 0 Å². The van der Waals surface area contributed by atoms with Crippen LogP contribution in [0.5, 0.6) is 0 Å². The predicted octanol–water partition coefficient (Wildman–Crippen LogP) is 2.48. The lowest BCUT2D eigenvalue weighted by Crippen LogP contribution is -2.00. The Balaban J connectivity index is 2.77. The summed E-state index contributed by atoms with van der Waals surface area (Å²) in [4.78, 5) is 0. The van der Waals surface area contributed by atoms with Crippen LogP contribution in [0.4, 0.5) is 4.39 Å². The molecule has 1 heterocycles. The van der Waals surface area contributed by atoms with Crippen LogP contribution in [0.1, 0.15) is 18.7 Å². The maximum atomic E-state index is 13.0. The van der Waals surface area contributed by atoms with E-state index in [-0.39, 0.29) is 10.7 Å². The normalized spacial score (nSPS) is 13.1. The van der Waals surface area contributed by atoms with Crippen LogP contribution < -0.4 is 0 Å². The van der Waals surface area contributed by atoms with Crippen molar-refractivity contribution in [2.45, 2.75) is 13.0 Å². The Labute approximate surface area is 90.5 Å². The molecule has 78 valence electrons. The summed E-state index contributed by atoms with van der Waals surface area (Å²) in [5, 5.41) is 17.7. The summed E-state index contributed by atoms with van der Waals surface area (Å²) < 4.78 is 13.0. The van der Waals surface area contributed by atoms with Gasteiger partial charge in [0, 0.05) is 5.39 Å². The minimum atomic E-state index is -0.822. The van der Waals surface area contributed by atoms with Gasteiger partial charge in [-0.3, -0.25) is 0 Å². The molecule has 2 rings (SSSR count). The van der Waals surface area contributed by atoms with Gasteiger partial charge in [0.2, 0.25) is 0 Å². The van der Waals surface area contributed by atoms with Crippen molar-refractivity contribution in [2.75, 3.05) is 0 Å². The Morgan fingerprint density at radius 3 is 2.80 bits per heavy atom. The van der Waals surface area contributed by atoms with Gasteiger partial charge < -0.3 is 5.11 Å². The first-order chi connectivity index (χ1) is 7.09. The van der Waals surface area contributed by atoms with E-state index in [0.29, 0.717) is 10.9 Å². The van der Waals surface area contributed by atoms with Gasteiger partial charge in [0.25, 0.3) is 0 Å². The highest BCUT2D eigenvalue weighted by Crippen LogP contribution is 2.28. The lowest BCUT2D eigenvalue weighted by Gasteiger charge is -2.07. The topological polar surface area (TPSA) is 46.0 Å². The van der Waals surface area contributed by atoms with Gasteiger partial charge in [-0.2, -0.15) is 10.2 Å². The van der Waals surface area contributed by atoms with Crippen molar-refractivity contribution in [3.63, 3.8) is 0 Å². The van der Waals surface area contributed by atoms with Crippen LogP contribution >= 0.6 is 11.6 Å². The van der Waals surface area contributed by atoms with Gasteiger partial charge in [-0.25, -0.2) is 4.39 Å². The number of hydrogen-bond donors (Lipinski definition) is 1. The molecule has 0 aliphatic rings. The highest BCUT2D eigenvalue weighted by Gasteiger charge is 2.13. The monoisotopic (exact) mass is 226 g/mol. The zero-order chi connectivity index (χ0) is 11.0. The van der Waals surface area contributed by atoms with E-state index in [4.69, 9.17) is 11.6 Å². The number of rotatable bonds is 1. The molecule has 1 aromatic heterocycles. The van der Waals surface area contributed by atoms with Crippen molar-refractivity contribution in [1.29, 1.82) is 0 Å². The Morgan fingerprint density at radius 2 is 2.13 bits per heavy atom. The third kappa shape index (κ3) is 1.78. The van der Waals surface area contributed by atoms with Crippen LogP contribution in [-0.2, 0) is 0 Å². The first-order valence-corrected chi connectivity index (χ1v) is 4.77. The van der Waals surface area contributed by atoms with E-state index < -0.39 is 11.9 Å². The molecule has 0 bridgehead atoms. The Morgan fingerprint density at radius 1 is 1.40 bits per heavy atom. The number of aliphatic hydroxyl groups excluding tert-OH is 1. The molecule has 0 spiro atoms. The van der Waals surface area contributed by atoms with Gasteiger partial charge in [0.15, 0.2) is 0 Å². The second-order valence-corrected chi connectivity index (χ2v) is 3.61. The van der Waals surface area contributed by atoms with Gasteiger partial charge in [0.1, 0.15) is 11.5 Å². The lowest BCUT2D eigenvalue weighted by atomic mass is 10.1. The van der Waals surface area contributed by atoms with Crippen LogP contribution in [0.2, 0.25) is 5.02 Å². The molecule has 3 nitrogen and oxygen atoms in total. The van der Waals surface area contributed by atoms with Crippen molar-refractivity contribution in [2.24, 2.45) is 0 Å². The molecule has 0 aliphatic carbocycles. The van der Waals surface area contributed by atoms with Crippen molar-refractivity contribution >= 4 is 22.5 Å². The second kappa shape index (κ2) is 3.72. The summed E-state index contributed by atoms with van der Waals surface area (Å²) in [5.41, 5.74) is 0.764. The molecule has 0 aliphatic heterocycles. The summed E-state index contributed by atoms with van der Waals surface area (Å²) in [7, 11) is 0. The molecule has 0 radical (unpaired) electrons. The summed E-state index contributed by atoms with van der Waals surface area (Å²) in [6, 6.07) is 4.06. The van der Waals surface area contributed by atoms with E-state index in [2.05, 4.69) is 10.2 Å². The third-order valence-electron chi connectivity index (χ3n) is 2.08. The SMILES string of the molecule is C[C@@H](O)c1nnc2ccc(F)cc2c1Cl. The number of benzene rings is 1. The second-order valence-electron chi connectivity index (χ2n) is 3.24. The standard InChI is InChI=1S/C10H8ClFN2O/c1-5(15)10-9(11)7-4-6(12)2-3-8(7)13-14-10/h2-5,15H,1H3/t5-/m1/s1.